The summed E-state index contributed by atoms with van der Waals surface area (Å²) in [6.07, 6.45) is 0.107. The Balaban J connectivity index is 2.37. The first-order chi connectivity index (χ1) is 10.0. The molecule has 0 aliphatic carbocycles. The summed E-state index contributed by atoms with van der Waals surface area (Å²) in [7, 11) is 0. The molecule has 5 heteroatoms. The normalized spacial score (nSPS) is 12.5. The quantitative estimate of drug-likeness (QED) is 0.457. The number of rotatable bonds is 5. The second-order valence-electron chi connectivity index (χ2n) is 5.00. The molecule has 0 saturated carbocycles. The summed E-state index contributed by atoms with van der Waals surface area (Å²) in [5.41, 5.74) is 4.70. The topological polar surface area (TPSA) is 47.3 Å². The largest absolute Gasteiger partial charge is 0.491 e. The molecule has 0 saturated heterocycles. The molecule has 3 N–H and O–H groups in total. The Kier molecular flexibility index (Phi) is 5.55. The number of halogens is 2. The third kappa shape index (κ3) is 4.15. The van der Waals surface area contributed by atoms with E-state index in [1.54, 1.807) is 6.07 Å². The van der Waals surface area contributed by atoms with Gasteiger partial charge in [0.05, 0.1) is 12.1 Å². The van der Waals surface area contributed by atoms with Crippen LogP contribution >= 0.6 is 22.6 Å². The molecule has 0 radical (unpaired) electrons. The lowest BCUT2D eigenvalue weighted by Crippen LogP contribution is -2.29. The Labute approximate surface area is 137 Å². The fraction of sp³-hybridized carbons (Fsp3) is 0.250. The second-order valence-corrected chi connectivity index (χ2v) is 6.17. The zero-order valence-corrected chi connectivity index (χ0v) is 14.1. The van der Waals surface area contributed by atoms with Crippen LogP contribution in [-0.2, 0) is 0 Å². The van der Waals surface area contributed by atoms with Crippen LogP contribution in [0.3, 0.4) is 0 Å². The molecule has 0 amide bonds. The maximum Gasteiger partial charge on any atom is 0.124 e. The summed E-state index contributed by atoms with van der Waals surface area (Å²) in [4.78, 5) is 0. The molecule has 2 aromatic rings. The summed E-state index contributed by atoms with van der Waals surface area (Å²) in [6, 6.07) is 12.2. The molecule has 2 aromatic carbocycles. The van der Waals surface area contributed by atoms with Gasteiger partial charge in [-0.15, -0.1) is 0 Å². The molecule has 21 heavy (non-hydrogen) atoms. The predicted octanol–water partition coefficient (Wildman–Crippen LogP) is 3.77. The smallest absolute Gasteiger partial charge is 0.124 e. The van der Waals surface area contributed by atoms with Crippen molar-refractivity contribution in [1.82, 2.24) is 5.43 Å². The third-order valence-corrected chi connectivity index (χ3v) is 3.94. The van der Waals surface area contributed by atoms with E-state index in [9.17, 15) is 4.39 Å². The first-order valence-corrected chi connectivity index (χ1v) is 7.77. The number of nitrogens with two attached hydrogens (primary N) is 1. The van der Waals surface area contributed by atoms with Crippen LogP contribution in [0.4, 0.5) is 4.39 Å². The van der Waals surface area contributed by atoms with Crippen LogP contribution in [0.15, 0.2) is 42.5 Å². The molecule has 1 unspecified atom stereocenters. The van der Waals surface area contributed by atoms with Crippen molar-refractivity contribution in [1.29, 1.82) is 0 Å². The zero-order chi connectivity index (χ0) is 15.4. The highest BCUT2D eigenvalue weighted by atomic mass is 127. The van der Waals surface area contributed by atoms with Crippen LogP contribution in [0.5, 0.6) is 5.75 Å². The molecule has 0 spiro atoms. The van der Waals surface area contributed by atoms with E-state index in [1.165, 1.54) is 12.1 Å². The standard InChI is InChI=1S/C16H18FIN2O/c1-10(2)21-13-5-3-4-11(8-13)16(20-19)14-7-6-12(17)9-15(14)18/h3-10,16,20H,19H2,1-2H3. The number of hydrogen-bond acceptors (Lipinski definition) is 3. The van der Waals surface area contributed by atoms with Crippen LogP contribution in [-0.4, -0.2) is 6.10 Å². The van der Waals surface area contributed by atoms with Gasteiger partial charge < -0.3 is 4.74 Å². The fourth-order valence-electron chi connectivity index (χ4n) is 2.14. The molecule has 3 nitrogen and oxygen atoms in total. The minimum atomic E-state index is -0.254. The van der Waals surface area contributed by atoms with E-state index >= 15 is 0 Å². The van der Waals surface area contributed by atoms with E-state index < -0.39 is 0 Å². The average molecular weight is 400 g/mol. The molecule has 0 aromatic heterocycles. The van der Waals surface area contributed by atoms with Gasteiger partial charge in [0.2, 0.25) is 0 Å². The molecule has 0 bridgehead atoms. The van der Waals surface area contributed by atoms with Gasteiger partial charge in [-0.1, -0.05) is 18.2 Å². The number of nitrogens with one attached hydrogen (secondary N) is 1. The van der Waals surface area contributed by atoms with Crippen LogP contribution in [0.2, 0.25) is 0 Å². The minimum Gasteiger partial charge on any atom is -0.491 e. The summed E-state index contributed by atoms with van der Waals surface area (Å²) < 4.78 is 19.8. The molecular weight excluding hydrogens is 382 g/mol. The zero-order valence-electron chi connectivity index (χ0n) is 11.9. The van der Waals surface area contributed by atoms with Gasteiger partial charge in [-0.05, 0) is 71.8 Å². The van der Waals surface area contributed by atoms with Crippen LogP contribution < -0.4 is 16.0 Å². The fourth-order valence-corrected chi connectivity index (χ4v) is 2.93. The van der Waals surface area contributed by atoms with Crippen LogP contribution in [0.25, 0.3) is 0 Å². The number of ether oxygens (including phenoxy) is 1. The molecule has 0 fully saturated rings. The van der Waals surface area contributed by atoms with Gasteiger partial charge in [-0.25, -0.2) is 9.82 Å². The highest BCUT2D eigenvalue weighted by Crippen LogP contribution is 2.28. The number of hydrazine groups is 1. The first kappa shape index (κ1) is 16.2. The average Bonchev–Trinajstić information content (AvgIpc) is 2.41. The number of benzene rings is 2. The van der Waals surface area contributed by atoms with Crippen molar-refractivity contribution in [2.45, 2.75) is 26.0 Å². The van der Waals surface area contributed by atoms with E-state index in [1.807, 2.05) is 38.1 Å². The van der Waals surface area contributed by atoms with Crippen molar-refractivity contribution in [2.75, 3.05) is 0 Å². The summed E-state index contributed by atoms with van der Waals surface area (Å²) in [5, 5.41) is 0. The van der Waals surface area contributed by atoms with Crippen LogP contribution in [0, 0.1) is 9.39 Å². The molecule has 1 atom stereocenters. The van der Waals surface area contributed by atoms with Gasteiger partial charge in [0.25, 0.3) is 0 Å². The Morgan fingerprint density at radius 2 is 1.95 bits per heavy atom. The summed E-state index contributed by atoms with van der Waals surface area (Å²) in [6.45, 7) is 3.96. The Morgan fingerprint density at radius 3 is 2.57 bits per heavy atom. The molecular formula is C16H18FIN2O. The van der Waals surface area contributed by atoms with E-state index in [4.69, 9.17) is 10.6 Å². The number of hydrogen-bond donors (Lipinski definition) is 2. The van der Waals surface area contributed by atoms with Crippen molar-refractivity contribution in [3.05, 3.63) is 63.0 Å². The highest BCUT2D eigenvalue weighted by molar-refractivity contribution is 14.1. The minimum absolute atomic E-state index is 0.107. The molecule has 0 aliphatic heterocycles. The molecule has 0 aliphatic rings. The van der Waals surface area contributed by atoms with E-state index in [-0.39, 0.29) is 18.0 Å². The van der Waals surface area contributed by atoms with Crippen molar-refractivity contribution >= 4 is 22.6 Å². The van der Waals surface area contributed by atoms with Crippen molar-refractivity contribution < 1.29 is 9.13 Å². The lowest BCUT2D eigenvalue weighted by atomic mass is 9.99. The van der Waals surface area contributed by atoms with Gasteiger partial charge in [0, 0.05) is 3.57 Å². The monoisotopic (exact) mass is 400 g/mol. The third-order valence-electron chi connectivity index (χ3n) is 3.00. The highest BCUT2D eigenvalue weighted by Gasteiger charge is 2.16. The Bertz CT molecular complexity index is 619. The van der Waals surface area contributed by atoms with Gasteiger partial charge >= 0.3 is 0 Å². The van der Waals surface area contributed by atoms with Gasteiger partial charge in [0.15, 0.2) is 0 Å². The molecule has 2 rings (SSSR count). The van der Waals surface area contributed by atoms with Gasteiger partial charge in [-0.3, -0.25) is 5.84 Å². The SMILES string of the molecule is CC(C)Oc1cccc(C(NN)c2ccc(F)cc2I)c1. The van der Waals surface area contributed by atoms with Crippen molar-refractivity contribution in [2.24, 2.45) is 5.84 Å². The Hall–Kier alpha value is -1.18. The van der Waals surface area contributed by atoms with E-state index in [2.05, 4.69) is 28.0 Å². The summed E-state index contributed by atoms with van der Waals surface area (Å²) >= 11 is 2.11. The lowest BCUT2D eigenvalue weighted by molar-refractivity contribution is 0.242. The molecule has 112 valence electrons. The second kappa shape index (κ2) is 7.20. The van der Waals surface area contributed by atoms with Crippen molar-refractivity contribution in [3.63, 3.8) is 0 Å². The lowest BCUT2D eigenvalue weighted by Gasteiger charge is -2.20. The first-order valence-electron chi connectivity index (χ1n) is 6.69. The Morgan fingerprint density at radius 1 is 1.19 bits per heavy atom. The van der Waals surface area contributed by atoms with Crippen molar-refractivity contribution in [3.8, 4) is 5.75 Å². The molecule has 0 heterocycles. The van der Waals surface area contributed by atoms with E-state index in [0.29, 0.717) is 0 Å². The maximum atomic E-state index is 13.2. The maximum absolute atomic E-state index is 13.2. The van der Waals surface area contributed by atoms with E-state index in [0.717, 1.165) is 20.4 Å². The van der Waals surface area contributed by atoms with Gasteiger partial charge in [-0.2, -0.15) is 0 Å². The van der Waals surface area contributed by atoms with Crippen LogP contribution in [0.1, 0.15) is 31.0 Å². The summed E-state index contributed by atoms with van der Waals surface area (Å²) in [5.74, 6) is 6.24. The predicted molar refractivity (Wildman–Crippen MR) is 90.5 cm³/mol. The van der Waals surface area contributed by atoms with Gasteiger partial charge in [0.1, 0.15) is 11.6 Å².